The fraction of sp³-hybridized carbons (Fsp3) is 0.217. The summed E-state index contributed by atoms with van der Waals surface area (Å²) in [6.07, 6.45) is 9.63. The van der Waals surface area contributed by atoms with Crippen molar-refractivity contribution in [3.8, 4) is 0 Å². The van der Waals surface area contributed by atoms with Gasteiger partial charge in [-0.15, -0.1) is 6.58 Å². The van der Waals surface area contributed by atoms with Crippen LogP contribution in [0.5, 0.6) is 0 Å². The van der Waals surface area contributed by atoms with Gasteiger partial charge in [-0.2, -0.15) is 0 Å². The SMILES string of the molecule is C=CCCCc1cccc(C2=CC=CCC2(F)c2cccc(F)c2F)c1. The molecule has 0 fully saturated rings. The number of rotatable bonds is 6. The van der Waals surface area contributed by atoms with Crippen molar-refractivity contribution in [3.63, 3.8) is 0 Å². The first-order valence-corrected chi connectivity index (χ1v) is 8.77. The van der Waals surface area contributed by atoms with E-state index >= 15 is 4.39 Å². The molecule has 0 aliphatic heterocycles. The van der Waals surface area contributed by atoms with Crippen molar-refractivity contribution >= 4 is 5.57 Å². The molecule has 0 amide bonds. The van der Waals surface area contributed by atoms with Crippen molar-refractivity contribution in [1.82, 2.24) is 0 Å². The van der Waals surface area contributed by atoms with Crippen LogP contribution in [0, 0.1) is 11.6 Å². The zero-order valence-corrected chi connectivity index (χ0v) is 14.5. The number of alkyl halides is 1. The van der Waals surface area contributed by atoms with E-state index in [1.165, 1.54) is 12.1 Å². The van der Waals surface area contributed by atoms with Gasteiger partial charge in [0.25, 0.3) is 0 Å². The second-order valence-electron chi connectivity index (χ2n) is 6.50. The minimum atomic E-state index is -2.10. The highest BCUT2D eigenvalue weighted by atomic mass is 19.2. The van der Waals surface area contributed by atoms with E-state index in [9.17, 15) is 8.78 Å². The Balaban J connectivity index is 2.01. The molecule has 134 valence electrons. The quantitative estimate of drug-likeness (QED) is 0.401. The van der Waals surface area contributed by atoms with E-state index in [-0.39, 0.29) is 12.0 Å². The lowest BCUT2D eigenvalue weighted by Crippen LogP contribution is -2.25. The predicted octanol–water partition coefficient (Wildman–Crippen LogP) is 6.68. The molecule has 1 aliphatic rings. The highest BCUT2D eigenvalue weighted by Crippen LogP contribution is 2.46. The van der Waals surface area contributed by atoms with Crippen LogP contribution in [0.1, 0.15) is 36.0 Å². The summed E-state index contributed by atoms with van der Waals surface area (Å²) in [4.78, 5) is 0. The van der Waals surface area contributed by atoms with Crippen LogP contribution in [0.4, 0.5) is 13.2 Å². The first-order chi connectivity index (χ1) is 12.6. The number of unbranched alkanes of at least 4 members (excludes halogenated alkanes) is 1. The summed E-state index contributed by atoms with van der Waals surface area (Å²) in [5.74, 6) is -2.16. The fourth-order valence-electron chi connectivity index (χ4n) is 3.37. The zero-order valence-electron chi connectivity index (χ0n) is 14.5. The van der Waals surface area contributed by atoms with E-state index in [1.807, 2.05) is 30.3 Å². The van der Waals surface area contributed by atoms with Gasteiger partial charge >= 0.3 is 0 Å². The van der Waals surface area contributed by atoms with Gasteiger partial charge in [0.15, 0.2) is 17.3 Å². The first-order valence-electron chi connectivity index (χ1n) is 8.77. The molecular formula is C23H21F3. The molecule has 0 nitrogen and oxygen atoms in total. The maximum Gasteiger partial charge on any atom is 0.167 e. The van der Waals surface area contributed by atoms with E-state index in [2.05, 4.69) is 6.58 Å². The highest BCUT2D eigenvalue weighted by Gasteiger charge is 2.40. The molecule has 26 heavy (non-hydrogen) atoms. The highest BCUT2D eigenvalue weighted by molar-refractivity contribution is 5.77. The molecule has 1 unspecified atom stereocenters. The number of hydrogen-bond donors (Lipinski definition) is 0. The molecule has 0 heterocycles. The summed E-state index contributed by atoms with van der Waals surface area (Å²) in [5, 5.41) is 0. The molecule has 1 aliphatic carbocycles. The lowest BCUT2D eigenvalue weighted by molar-refractivity contribution is 0.239. The predicted molar refractivity (Wildman–Crippen MR) is 100 cm³/mol. The smallest absolute Gasteiger partial charge is 0.167 e. The number of allylic oxidation sites excluding steroid dienone is 5. The van der Waals surface area contributed by atoms with Gasteiger partial charge in [0.05, 0.1) is 0 Å². The lowest BCUT2D eigenvalue weighted by Gasteiger charge is -2.30. The molecule has 0 saturated heterocycles. The minimum absolute atomic E-state index is 0.0279. The van der Waals surface area contributed by atoms with Crippen LogP contribution in [0.25, 0.3) is 5.57 Å². The summed E-state index contributed by atoms with van der Waals surface area (Å²) in [5.41, 5.74) is -0.223. The molecule has 2 aromatic rings. The number of aryl methyl sites for hydroxylation is 1. The molecule has 0 aromatic heterocycles. The monoisotopic (exact) mass is 354 g/mol. The van der Waals surface area contributed by atoms with Crippen molar-refractivity contribution < 1.29 is 13.2 Å². The summed E-state index contributed by atoms with van der Waals surface area (Å²) in [7, 11) is 0. The molecule has 1 atom stereocenters. The third-order valence-electron chi connectivity index (χ3n) is 4.72. The first kappa shape index (κ1) is 18.2. The van der Waals surface area contributed by atoms with E-state index < -0.39 is 17.3 Å². The zero-order chi connectivity index (χ0) is 18.6. The summed E-state index contributed by atoms with van der Waals surface area (Å²) in [6.45, 7) is 3.72. The van der Waals surface area contributed by atoms with Crippen LogP contribution in [0.2, 0.25) is 0 Å². The van der Waals surface area contributed by atoms with Gasteiger partial charge in [0, 0.05) is 17.6 Å². The maximum atomic E-state index is 16.0. The molecular weight excluding hydrogens is 333 g/mol. The largest absolute Gasteiger partial charge is 0.233 e. The van der Waals surface area contributed by atoms with Crippen LogP contribution >= 0.6 is 0 Å². The Bertz CT molecular complexity index is 864. The summed E-state index contributed by atoms with van der Waals surface area (Å²) in [6, 6.07) is 11.3. The van der Waals surface area contributed by atoms with Crippen molar-refractivity contribution in [2.24, 2.45) is 0 Å². The molecule has 0 radical (unpaired) electrons. The number of halogens is 3. The molecule has 3 heteroatoms. The topological polar surface area (TPSA) is 0 Å². The van der Waals surface area contributed by atoms with Crippen molar-refractivity contribution in [2.45, 2.75) is 31.4 Å². The third kappa shape index (κ3) is 3.52. The molecule has 3 rings (SSSR count). The average Bonchev–Trinajstić information content (AvgIpc) is 2.65. The lowest BCUT2D eigenvalue weighted by atomic mass is 9.78. The molecule has 2 aromatic carbocycles. The average molecular weight is 354 g/mol. The Morgan fingerprint density at radius 1 is 1.12 bits per heavy atom. The van der Waals surface area contributed by atoms with Crippen LogP contribution < -0.4 is 0 Å². The Morgan fingerprint density at radius 3 is 2.73 bits per heavy atom. The van der Waals surface area contributed by atoms with Crippen molar-refractivity contribution in [3.05, 3.63) is 102 Å². The third-order valence-corrected chi connectivity index (χ3v) is 4.72. The Hall–Kier alpha value is -2.55. The summed E-state index contributed by atoms with van der Waals surface area (Å²) >= 11 is 0. The fourth-order valence-corrected chi connectivity index (χ4v) is 3.37. The Morgan fingerprint density at radius 2 is 1.92 bits per heavy atom. The van der Waals surface area contributed by atoms with Gasteiger partial charge in [0.1, 0.15) is 0 Å². The van der Waals surface area contributed by atoms with Crippen LogP contribution in [0.3, 0.4) is 0 Å². The maximum absolute atomic E-state index is 16.0. The van der Waals surface area contributed by atoms with Crippen LogP contribution in [-0.4, -0.2) is 0 Å². The summed E-state index contributed by atoms with van der Waals surface area (Å²) < 4.78 is 44.0. The van der Waals surface area contributed by atoms with Crippen molar-refractivity contribution in [2.75, 3.05) is 0 Å². The van der Waals surface area contributed by atoms with Gasteiger partial charge in [-0.1, -0.05) is 60.7 Å². The van der Waals surface area contributed by atoms with Crippen molar-refractivity contribution in [1.29, 1.82) is 0 Å². The normalized spacial score (nSPS) is 19.3. The van der Waals surface area contributed by atoms with Crippen LogP contribution in [-0.2, 0) is 12.1 Å². The van der Waals surface area contributed by atoms with E-state index in [0.29, 0.717) is 11.1 Å². The molecule has 0 spiro atoms. The van der Waals surface area contributed by atoms with Gasteiger partial charge in [-0.25, -0.2) is 13.2 Å². The van der Waals surface area contributed by atoms with E-state index in [0.717, 1.165) is 30.9 Å². The van der Waals surface area contributed by atoms with Gasteiger partial charge in [-0.05, 0) is 36.5 Å². The second kappa shape index (κ2) is 7.77. The molecule has 0 saturated carbocycles. The van der Waals surface area contributed by atoms with Gasteiger partial charge in [0.2, 0.25) is 0 Å². The van der Waals surface area contributed by atoms with Gasteiger partial charge < -0.3 is 0 Å². The second-order valence-corrected chi connectivity index (χ2v) is 6.50. The Kier molecular flexibility index (Phi) is 5.46. The standard InChI is InChI=1S/C23H21F3/c1-2-3-4-9-17-10-7-11-18(16-17)19-12-5-6-15-23(19,26)20-13-8-14-21(24)22(20)25/h2,5-8,10-14,16H,1,3-4,9,15H2. The van der Waals surface area contributed by atoms with E-state index in [1.54, 1.807) is 18.2 Å². The van der Waals surface area contributed by atoms with Gasteiger partial charge in [-0.3, -0.25) is 0 Å². The Labute approximate surface area is 152 Å². The molecule has 0 bridgehead atoms. The van der Waals surface area contributed by atoms with E-state index in [4.69, 9.17) is 0 Å². The molecule has 0 N–H and O–H groups in total. The minimum Gasteiger partial charge on any atom is -0.233 e. The number of hydrogen-bond acceptors (Lipinski definition) is 0. The number of benzene rings is 2. The van der Waals surface area contributed by atoms with Crippen LogP contribution in [0.15, 0.2) is 73.3 Å².